The average molecular weight is 239 g/mol. The van der Waals surface area contributed by atoms with Gasteiger partial charge in [0.05, 0.1) is 6.61 Å². The summed E-state index contributed by atoms with van der Waals surface area (Å²) < 4.78 is 5.18. The van der Waals surface area contributed by atoms with Gasteiger partial charge in [0, 0.05) is 31.7 Å². The lowest BCUT2D eigenvalue weighted by molar-refractivity contribution is -0.119. The molecule has 0 aromatic carbocycles. The Bertz CT molecular complexity index is 245. The second kappa shape index (κ2) is 5.96. The van der Waals surface area contributed by atoms with Crippen LogP contribution in [0.4, 0.5) is 0 Å². The molecule has 0 heterocycles. The third kappa shape index (κ3) is 3.52. The molecule has 17 heavy (non-hydrogen) atoms. The topological polar surface area (TPSA) is 29.5 Å². The van der Waals surface area contributed by atoms with Gasteiger partial charge in [-0.1, -0.05) is 19.3 Å². The summed E-state index contributed by atoms with van der Waals surface area (Å²) in [6, 6.07) is 0.726. The molecule has 0 saturated heterocycles. The van der Waals surface area contributed by atoms with Crippen LogP contribution in [0.1, 0.15) is 44.9 Å². The fourth-order valence-corrected chi connectivity index (χ4v) is 3.01. The van der Waals surface area contributed by atoms with Crippen LogP contribution in [0.25, 0.3) is 0 Å². The van der Waals surface area contributed by atoms with Crippen molar-refractivity contribution in [3.05, 3.63) is 0 Å². The van der Waals surface area contributed by atoms with Crippen molar-refractivity contribution in [3.63, 3.8) is 0 Å². The maximum atomic E-state index is 11.5. The van der Waals surface area contributed by atoms with Crippen molar-refractivity contribution in [2.45, 2.75) is 51.0 Å². The summed E-state index contributed by atoms with van der Waals surface area (Å²) in [5.41, 5.74) is -0.0470. The molecule has 3 heteroatoms. The number of ether oxygens (including phenoxy) is 1. The first-order valence-electron chi connectivity index (χ1n) is 6.99. The molecule has 0 aromatic rings. The molecule has 2 fully saturated rings. The molecule has 0 radical (unpaired) electrons. The van der Waals surface area contributed by atoms with Crippen LogP contribution in [-0.4, -0.2) is 44.0 Å². The number of aldehydes is 1. The van der Waals surface area contributed by atoms with E-state index in [-0.39, 0.29) is 5.41 Å². The van der Waals surface area contributed by atoms with Crippen molar-refractivity contribution >= 4 is 6.29 Å². The molecule has 2 aliphatic rings. The van der Waals surface area contributed by atoms with Gasteiger partial charge in [0.2, 0.25) is 0 Å². The van der Waals surface area contributed by atoms with Gasteiger partial charge in [-0.3, -0.25) is 4.90 Å². The first-order chi connectivity index (χ1) is 8.29. The lowest BCUT2D eigenvalue weighted by atomic mass is 9.75. The molecule has 0 unspecified atom stereocenters. The summed E-state index contributed by atoms with van der Waals surface area (Å²) in [5.74, 6) is 0. The third-order valence-corrected chi connectivity index (χ3v) is 4.26. The summed E-state index contributed by atoms with van der Waals surface area (Å²) >= 11 is 0. The highest BCUT2D eigenvalue weighted by atomic mass is 16.5. The van der Waals surface area contributed by atoms with Crippen LogP contribution in [0.15, 0.2) is 0 Å². The Morgan fingerprint density at radius 1 is 1.29 bits per heavy atom. The zero-order valence-corrected chi connectivity index (χ0v) is 11.0. The average Bonchev–Trinajstić information content (AvgIpc) is 3.20. The Balaban J connectivity index is 1.91. The van der Waals surface area contributed by atoms with E-state index in [0.29, 0.717) is 0 Å². The quantitative estimate of drug-likeness (QED) is 0.638. The number of rotatable bonds is 7. The molecule has 0 spiro atoms. The second-order valence-corrected chi connectivity index (χ2v) is 5.74. The second-order valence-electron chi connectivity index (χ2n) is 5.74. The van der Waals surface area contributed by atoms with Gasteiger partial charge in [-0.2, -0.15) is 0 Å². The SMILES string of the molecule is COCCN(CC1(C=O)CCCCC1)C1CC1. The standard InChI is InChI=1S/C14H25NO2/c1-17-10-9-15(13-5-6-13)11-14(12-16)7-3-2-4-8-14/h12-13H,2-11H2,1H3. The number of carbonyl (C=O) groups excluding carboxylic acids is 1. The maximum Gasteiger partial charge on any atom is 0.127 e. The van der Waals surface area contributed by atoms with E-state index in [1.165, 1.54) is 38.4 Å². The predicted molar refractivity (Wildman–Crippen MR) is 68.1 cm³/mol. The highest BCUT2D eigenvalue weighted by Gasteiger charge is 2.38. The fourth-order valence-electron chi connectivity index (χ4n) is 3.01. The molecule has 0 aliphatic heterocycles. The zero-order valence-electron chi connectivity index (χ0n) is 11.0. The molecular formula is C14H25NO2. The highest BCUT2D eigenvalue weighted by molar-refractivity contribution is 5.60. The van der Waals surface area contributed by atoms with Crippen molar-refractivity contribution in [1.29, 1.82) is 0 Å². The van der Waals surface area contributed by atoms with Gasteiger partial charge >= 0.3 is 0 Å². The molecule has 0 N–H and O–H groups in total. The van der Waals surface area contributed by atoms with Crippen LogP contribution in [-0.2, 0) is 9.53 Å². The summed E-state index contributed by atoms with van der Waals surface area (Å²) in [7, 11) is 1.75. The molecule has 98 valence electrons. The van der Waals surface area contributed by atoms with E-state index >= 15 is 0 Å². The zero-order chi connectivity index (χ0) is 12.1. The van der Waals surface area contributed by atoms with Crippen LogP contribution in [0.3, 0.4) is 0 Å². The molecule has 2 aliphatic carbocycles. The van der Waals surface area contributed by atoms with E-state index in [4.69, 9.17) is 4.74 Å². The number of hydrogen-bond donors (Lipinski definition) is 0. The van der Waals surface area contributed by atoms with Crippen LogP contribution in [0.5, 0.6) is 0 Å². The van der Waals surface area contributed by atoms with E-state index in [1.54, 1.807) is 7.11 Å². The number of hydrogen-bond acceptors (Lipinski definition) is 3. The van der Waals surface area contributed by atoms with Gasteiger partial charge in [-0.15, -0.1) is 0 Å². The van der Waals surface area contributed by atoms with Crippen molar-refractivity contribution in [3.8, 4) is 0 Å². The smallest absolute Gasteiger partial charge is 0.127 e. The summed E-state index contributed by atoms with van der Waals surface area (Å²) in [5, 5.41) is 0. The van der Waals surface area contributed by atoms with Gasteiger partial charge in [0.1, 0.15) is 6.29 Å². The Labute approximate surface area is 105 Å². The van der Waals surface area contributed by atoms with E-state index < -0.39 is 0 Å². The molecule has 0 aromatic heterocycles. The van der Waals surface area contributed by atoms with E-state index in [1.807, 2.05) is 0 Å². The molecule has 0 atom stereocenters. The van der Waals surface area contributed by atoms with Crippen molar-refractivity contribution in [2.24, 2.45) is 5.41 Å². The lowest BCUT2D eigenvalue weighted by Gasteiger charge is -2.37. The van der Waals surface area contributed by atoms with Gasteiger partial charge in [0.15, 0.2) is 0 Å². The van der Waals surface area contributed by atoms with Crippen molar-refractivity contribution < 1.29 is 9.53 Å². The minimum absolute atomic E-state index is 0.0470. The number of nitrogens with zero attached hydrogens (tertiary/aromatic N) is 1. The van der Waals surface area contributed by atoms with Crippen LogP contribution in [0.2, 0.25) is 0 Å². The Hall–Kier alpha value is -0.410. The largest absolute Gasteiger partial charge is 0.383 e. The van der Waals surface area contributed by atoms with Crippen molar-refractivity contribution in [2.75, 3.05) is 26.8 Å². The molecular weight excluding hydrogens is 214 g/mol. The first kappa shape index (κ1) is 13.0. The predicted octanol–water partition coefficient (Wildman–Crippen LogP) is 2.25. The van der Waals surface area contributed by atoms with Crippen LogP contribution < -0.4 is 0 Å². The van der Waals surface area contributed by atoms with Gasteiger partial charge < -0.3 is 9.53 Å². The summed E-state index contributed by atoms with van der Waals surface area (Å²) in [4.78, 5) is 14.0. The Kier molecular flexibility index (Phi) is 4.57. The molecule has 3 nitrogen and oxygen atoms in total. The monoisotopic (exact) mass is 239 g/mol. The molecule has 2 rings (SSSR count). The normalized spacial score (nSPS) is 23.9. The third-order valence-electron chi connectivity index (χ3n) is 4.26. The van der Waals surface area contributed by atoms with E-state index in [0.717, 1.165) is 38.6 Å². The highest BCUT2D eigenvalue weighted by Crippen LogP contribution is 2.38. The van der Waals surface area contributed by atoms with E-state index in [9.17, 15) is 4.79 Å². The maximum absolute atomic E-state index is 11.5. The van der Waals surface area contributed by atoms with Gasteiger partial charge in [-0.05, 0) is 25.7 Å². The van der Waals surface area contributed by atoms with Gasteiger partial charge in [0.25, 0.3) is 0 Å². The minimum Gasteiger partial charge on any atom is -0.383 e. The first-order valence-corrected chi connectivity index (χ1v) is 6.99. The summed E-state index contributed by atoms with van der Waals surface area (Å²) in [6.07, 6.45) is 9.78. The van der Waals surface area contributed by atoms with Crippen LogP contribution >= 0.6 is 0 Å². The summed E-state index contributed by atoms with van der Waals surface area (Å²) in [6.45, 7) is 2.73. The minimum atomic E-state index is -0.0470. The lowest BCUT2D eigenvalue weighted by Crippen LogP contribution is -2.42. The van der Waals surface area contributed by atoms with E-state index in [2.05, 4.69) is 4.90 Å². The number of methoxy groups -OCH3 is 1. The van der Waals surface area contributed by atoms with Crippen LogP contribution in [0, 0.1) is 5.41 Å². The van der Waals surface area contributed by atoms with Gasteiger partial charge in [-0.25, -0.2) is 0 Å². The number of carbonyl (C=O) groups is 1. The molecule has 2 saturated carbocycles. The fraction of sp³-hybridized carbons (Fsp3) is 0.929. The Morgan fingerprint density at radius 2 is 2.00 bits per heavy atom. The molecule has 0 bridgehead atoms. The Morgan fingerprint density at radius 3 is 2.53 bits per heavy atom. The molecule has 0 amide bonds. The van der Waals surface area contributed by atoms with Crippen molar-refractivity contribution in [1.82, 2.24) is 4.90 Å².